The van der Waals surface area contributed by atoms with Gasteiger partial charge in [-0.05, 0) is 55.4 Å². The molecule has 2 rings (SSSR count). The van der Waals surface area contributed by atoms with Crippen molar-refractivity contribution in [3.05, 3.63) is 61.8 Å². The van der Waals surface area contributed by atoms with E-state index in [0.29, 0.717) is 0 Å². The summed E-state index contributed by atoms with van der Waals surface area (Å²) in [5.41, 5.74) is 2.86. The van der Waals surface area contributed by atoms with E-state index in [9.17, 15) is 4.39 Å². The summed E-state index contributed by atoms with van der Waals surface area (Å²) in [5, 5.41) is 3.23. The molecule has 0 fully saturated rings. The predicted molar refractivity (Wildman–Crippen MR) is 90.4 cm³/mol. The number of ether oxygens (including phenoxy) is 1. The maximum atomic E-state index is 13.6. The Morgan fingerprint density at radius 3 is 2.43 bits per heavy atom. The number of hydrogen-bond acceptors (Lipinski definition) is 2. The van der Waals surface area contributed by atoms with Crippen LogP contribution in [0.4, 0.5) is 4.39 Å². The Bertz CT molecular complexity index is 661. The molecule has 2 nitrogen and oxygen atoms in total. The van der Waals surface area contributed by atoms with E-state index in [2.05, 4.69) is 37.2 Å². The molecule has 0 aromatic heterocycles. The number of aryl methyl sites for hydroxylation is 1. The van der Waals surface area contributed by atoms with E-state index in [1.807, 2.05) is 26.1 Å². The lowest BCUT2D eigenvalue weighted by Crippen LogP contribution is -2.19. The molecule has 0 saturated carbocycles. The molecule has 0 aliphatic rings. The van der Waals surface area contributed by atoms with Gasteiger partial charge < -0.3 is 10.1 Å². The van der Waals surface area contributed by atoms with Crippen LogP contribution in [0.1, 0.15) is 22.7 Å². The Morgan fingerprint density at radius 1 is 1.10 bits per heavy atom. The second-order valence-corrected chi connectivity index (χ2v) is 6.44. The van der Waals surface area contributed by atoms with Gasteiger partial charge in [-0.2, -0.15) is 0 Å². The molecule has 0 aliphatic heterocycles. The van der Waals surface area contributed by atoms with Crippen molar-refractivity contribution < 1.29 is 9.13 Å². The average Bonchev–Trinajstić information content (AvgIpc) is 2.46. The fourth-order valence-corrected chi connectivity index (χ4v) is 3.12. The molecule has 0 amide bonds. The summed E-state index contributed by atoms with van der Waals surface area (Å²) >= 11 is 7.03. The van der Waals surface area contributed by atoms with Crippen molar-refractivity contribution in [1.82, 2.24) is 5.32 Å². The zero-order valence-corrected chi connectivity index (χ0v) is 15.2. The fraction of sp³-hybridized carbons (Fsp3) is 0.250. The van der Waals surface area contributed by atoms with Crippen molar-refractivity contribution in [2.24, 2.45) is 0 Å². The van der Waals surface area contributed by atoms with Crippen LogP contribution in [0.3, 0.4) is 0 Å². The van der Waals surface area contributed by atoms with E-state index in [-0.39, 0.29) is 11.9 Å². The largest absolute Gasteiger partial charge is 0.496 e. The third kappa shape index (κ3) is 3.47. The van der Waals surface area contributed by atoms with Gasteiger partial charge in [-0.1, -0.05) is 31.9 Å². The van der Waals surface area contributed by atoms with Crippen LogP contribution in [-0.4, -0.2) is 14.2 Å². The Balaban J connectivity index is 2.61. The highest BCUT2D eigenvalue weighted by molar-refractivity contribution is 9.10. The normalized spacial score (nSPS) is 12.3. The lowest BCUT2D eigenvalue weighted by Gasteiger charge is -2.22. The molecule has 0 aliphatic carbocycles. The summed E-state index contributed by atoms with van der Waals surface area (Å²) in [7, 11) is 3.48. The van der Waals surface area contributed by atoms with Crippen molar-refractivity contribution in [2.75, 3.05) is 14.2 Å². The van der Waals surface area contributed by atoms with Crippen LogP contribution in [0.25, 0.3) is 0 Å². The third-order valence-corrected chi connectivity index (χ3v) is 4.96. The maximum absolute atomic E-state index is 13.6. The van der Waals surface area contributed by atoms with Gasteiger partial charge in [-0.25, -0.2) is 4.39 Å². The summed E-state index contributed by atoms with van der Waals surface area (Å²) in [6.07, 6.45) is 0. The predicted octanol–water partition coefficient (Wildman–Crippen LogP) is 4.98. The van der Waals surface area contributed by atoms with Gasteiger partial charge in [-0.15, -0.1) is 0 Å². The van der Waals surface area contributed by atoms with Crippen molar-refractivity contribution in [3.8, 4) is 5.75 Å². The zero-order valence-electron chi connectivity index (χ0n) is 12.0. The highest BCUT2D eigenvalue weighted by Crippen LogP contribution is 2.36. The highest BCUT2D eigenvalue weighted by atomic mass is 79.9. The lowest BCUT2D eigenvalue weighted by atomic mass is 9.97. The molecule has 1 atom stereocenters. The minimum atomic E-state index is -0.265. The highest BCUT2D eigenvalue weighted by Gasteiger charge is 2.20. The summed E-state index contributed by atoms with van der Waals surface area (Å²) in [5.74, 6) is 0.504. The Kier molecular flexibility index (Phi) is 5.41. The molecular formula is C16H16Br2FNO. The van der Waals surface area contributed by atoms with Crippen LogP contribution in [0.2, 0.25) is 0 Å². The molecular weight excluding hydrogens is 401 g/mol. The number of nitrogens with one attached hydrogen (secondary N) is 1. The van der Waals surface area contributed by atoms with Gasteiger partial charge in [0.05, 0.1) is 13.2 Å². The first kappa shape index (κ1) is 16.5. The van der Waals surface area contributed by atoms with E-state index in [1.165, 1.54) is 12.1 Å². The van der Waals surface area contributed by atoms with Crippen LogP contribution in [-0.2, 0) is 0 Å². The van der Waals surface area contributed by atoms with Crippen LogP contribution < -0.4 is 10.1 Å². The molecule has 21 heavy (non-hydrogen) atoms. The van der Waals surface area contributed by atoms with Gasteiger partial charge >= 0.3 is 0 Å². The molecule has 0 bridgehead atoms. The molecule has 0 spiro atoms. The Hall–Kier alpha value is -0.910. The average molecular weight is 417 g/mol. The van der Waals surface area contributed by atoms with E-state index in [0.717, 1.165) is 31.4 Å². The molecule has 5 heteroatoms. The second-order valence-electron chi connectivity index (χ2n) is 4.73. The molecule has 2 aromatic rings. The Morgan fingerprint density at radius 2 is 1.81 bits per heavy atom. The minimum absolute atomic E-state index is 0.179. The summed E-state index contributed by atoms with van der Waals surface area (Å²) in [6, 6.07) is 8.47. The first-order valence-corrected chi connectivity index (χ1v) is 8.02. The van der Waals surface area contributed by atoms with Gasteiger partial charge in [0, 0.05) is 14.5 Å². The summed E-state index contributed by atoms with van der Waals surface area (Å²) in [6.45, 7) is 2.00. The van der Waals surface area contributed by atoms with Crippen LogP contribution in [0.15, 0.2) is 39.3 Å². The molecule has 112 valence electrons. The molecule has 0 radical (unpaired) electrons. The van der Waals surface area contributed by atoms with Crippen LogP contribution in [0, 0.1) is 12.7 Å². The van der Waals surface area contributed by atoms with Crippen molar-refractivity contribution in [2.45, 2.75) is 13.0 Å². The van der Waals surface area contributed by atoms with Gasteiger partial charge in [-0.3, -0.25) is 0 Å². The van der Waals surface area contributed by atoms with E-state index in [4.69, 9.17) is 4.74 Å². The Labute approximate surface area is 141 Å². The summed E-state index contributed by atoms with van der Waals surface area (Å²) in [4.78, 5) is 0. The molecule has 1 N–H and O–H groups in total. The molecule has 1 unspecified atom stereocenters. The number of benzene rings is 2. The SMILES string of the molecule is CNC(c1cc(F)ccc1Br)c1cc(Br)c(C)cc1OC. The lowest BCUT2D eigenvalue weighted by molar-refractivity contribution is 0.405. The standard InChI is InChI=1S/C16H16Br2FNO/c1-9-6-15(21-3)12(8-14(9)18)16(20-2)11-7-10(19)4-5-13(11)17/h4-8,16,20H,1-3H3. The van der Waals surface area contributed by atoms with Gasteiger partial charge in [0.1, 0.15) is 11.6 Å². The molecule has 0 saturated heterocycles. The number of methoxy groups -OCH3 is 1. The number of halogens is 3. The van der Waals surface area contributed by atoms with Crippen molar-refractivity contribution in [1.29, 1.82) is 0 Å². The number of hydrogen-bond donors (Lipinski definition) is 1. The van der Waals surface area contributed by atoms with Crippen molar-refractivity contribution >= 4 is 31.9 Å². The first-order valence-electron chi connectivity index (χ1n) is 6.44. The van der Waals surface area contributed by atoms with Gasteiger partial charge in [0.25, 0.3) is 0 Å². The third-order valence-electron chi connectivity index (χ3n) is 3.38. The van der Waals surface area contributed by atoms with Crippen molar-refractivity contribution in [3.63, 3.8) is 0 Å². The number of rotatable bonds is 4. The minimum Gasteiger partial charge on any atom is -0.496 e. The fourth-order valence-electron chi connectivity index (χ4n) is 2.29. The molecule has 0 heterocycles. The smallest absolute Gasteiger partial charge is 0.124 e. The van der Waals surface area contributed by atoms with E-state index in [1.54, 1.807) is 13.2 Å². The van der Waals surface area contributed by atoms with Crippen LogP contribution in [0.5, 0.6) is 5.75 Å². The summed E-state index contributed by atoms with van der Waals surface area (Å²) < 4.78 is 20.9. The van der Waals surface area contributed by atoms with Gasteiger partial charge in [0.15, 0.2) is 0 Å². The first-order chi connectivity index (χ1) is 9.97. The second kappa shape index (κ2) is 6.90. The monoisotopic (exact) mass is 415 g/mol. The van der Waals surface area contributed by atoms with E-state index < -0.39 is 0 Å². The van der Waals surface area contributed by atoms with Gasteiger partial charge in [0.2, 0.25) is 0 Å². The zero-order chi connectivity index (χ0) is 15.6. The van der Waals surface area contributed by atoms with Crippen LogP contribution >= 0.6 is 31.9 Å². The van der Waals surface area contributed by atoms with E-state index >= 15 is 0 Å². The quantitative estimate of drug-likeness (QED) is 0.759. The molecule has 2 aromatic carbocycles. The maximum Gasteiger partial charge on any atom is 0.124 e. The topological polar surface area (TPSA) is 21.3 Å².